The van der Waals surface area contributed by atoms with E-state index in [1.807, 2.05) is 12.1 Å². The summed E-state index contributed by atoms with van der Waals surface area (Å²) in [5, 5.41) is 2.47. The zero-order chi connectivity index (χ0) is 42.1. The lowest BCUT2D eigenvalue weighted by molar-refractivity contribution is 0.673. The van der Waals surface area contributed by atoms with Gasteiger partial charge in [-0.15, -0.1) is 5.46 Å². The van der Waals surface area contributed by atoms with E-state index in [1.165, 1.54) is 82.2 Å². The Balaban J connectivity index is 1.25. The molecule has 0 bridgehead atoms. The molecule has 2 heterocycles. The molecule has 0 aliphatic rings. The maximum absolute atomic E-state index is 7.08. The van der Waals surface area contributed by atoms with Crippen molar-refractivity contribution in [2.75, 3.05) is 0 Å². The Morgan fingerprint density at radius 2 is 0.600 bits per heavy atom. The molecule has 0 atom stereocenters. The van der Waals surface area contributed by atoms with E-state index in [9.17, 15) is 0 Å². The average molecular weight is 758 g/mol. The number of rotatable bonds is 6. The molecule has 9 aromatic rings. The van der Waals surface area contributed by atoms with Gasteiger partial charge in [-0.05, 0) is 27.8 Å². The molecular weight excluding hydrogens is 717 g/mol. The fourth-order valence-corrected chi connectivity index (χ4v) is 9.29. The molecule has 0 radical (unpaired) electrons. The van der Waals surface area contributed by atoms with Gasteiger partial charge in [0.15, 0.2) is 17.5 Å². The number of nitrogens with zero attached hydrogens (tertiary/aromatic N) is 3. The van der Waals surface area contributed by atoms with Gasteiger partial charge in [-0.2, -0.15) is 0 Å². The summed E-state index contributed by atoms with van der Waals surface area (Å²) < 4.78 is 7.08. The molecule has 4 nitrogen and oxygen atoms in total. The van der Waals surface area contributed by atoms with E-state index in [0.717, 1.165) is 49.9 Å². The van der Waals surface area contributed by atoms with Crippen LogP contribution in [0.4, 0.5) is 0 Å². The largest absolute Gasteiger partial charge is 0.456 e. The minimum atomic E-state index is 0.644. The van der Waals surface area contributed by atoms with Crippen molar-refractivity contribution in [1.29, 1.82) is 0 Å². The summed E-state index contributed by atoms with van der Waals surface area (Å²) in [6, 6.07) is 38.0. The normalized spacial score (nSPS) is 11.4. The molecule has 274 valence electrons. The zero-order valence-corrected chi connectivity index (χ0v) is 36.6. The second kappa shape index (κ2) is 15.3. The Hall–Kier alpha value is -5.94. The minimum Gasteiger partial charge on any atom is -0.456 e. The summed E-state index contributed by atoms with van der Waals surface area (Å²) >= 11 is 0. The van der Waals surface area contributed by atoms with Gasteiger partial charge in [-0.3, -0.25) is 0 Å². The lowest BCUT2D eigenvalue weighted by Crippen LogP contribution is -2.48. The topological polar surface area (TPSA) is 51.8 Å². The SMILES string of the molecule is Bc1c(B)c(-c2c(B)c(B)c(B)c3c2oc2c(B)c(B)c(B)c(B)c23)c(B)c(B)c1-c1nc(-c2ccc(-c3ccccc3)cc2)nc(-c2ccc(-c3ccccc3)cc2)n1. The number of furan rings is 1. The van der Waals surface area contributed by atoms with E-state index >= 15 is 0 Å². The van der Waals surface area contributed by atoms with Crippen LogP contribution in [0.5, 0.6) is 0 Å². The fraction of sp³-hybridized carbons (Fsp3) is 0. The van der Waals surface area contributed by atoms with Crippen LogP contribution >= 0.6 is 0 Å². The fourth-order valence-electron chi connectivity index (χ4n) is 9.29. The molecule has 0 saturated heterocycles. The van der Waals surface area contributed by atoms with Crippen molar-refractivity contribution >= 4 is 168 Å². The van der Waals surface area contributed by atoms with Crippen LogP contribution in [0.1, 0.15) is 0 Å². The van der Waals surface area contributed by atoms with Crippen LogP contribution < -0.4 is 60.1 Å². The van der Waals surface area contributed by atoms with Crippen LogP contribution in [0.15, 0.2) is 114 Å². The third kappa shape index (κ3) is 6.36. The van der Waals surface area contributed by atoms with Gasteiger partial charge in [0, 0.05) is 33.0 Å². The second-order valence-corrected chi connectivity index (χ2v) is 16.7. The predicted molar refractivity (Wildman–Crippen MR) is 290 cm³/mol. The molecule has 0 aliphatic heterocycles. The van der Waals surface area contributed by atoms with E-state index in [2.05, 4.69) is 183 Å². The Labute approximate surface area is 362 Å². The van der Waals surface area contributed by atoms with Crippen LogP contribution in [0, 0.1) is 0 Å². The van der Waals surface area contributed by atoms with Gasteiger partial charge in [0.1, 0.15) is 97.5 Å². The van der Waals surface area contributed by atoms with Gasteiger partial charge in [0.05, 0.1) is 0 Å². The predicted octanol–water partition coefficient (Wildman–Crippen LogP) is -7.38. The summed E-state index contributed by atoms with van der Waals surface area (Å²) in [5.41, 5.74) is 25.6. The first-order chi connectivity index (χ1) is 28.8. The monoisotopic (exact) mass is 759 g/mol. The standard InChI is InChI=1S/C45H40B11N3O/c46-30-25(26-32(48)37(53)33(49)27-28-34(50)38(54)39(55)40(56)42(28)60-41(26)27)31(47)36(52)29(35(30)51)45-58-43(23-15-11-21(12-16-23)19-7-3-1-4-8-19)57-44(59-45)24-17-13-22(14-18-24)20-9-5-2-6-10-20/h1-18H,46-56H2. The van der Waals surface area contributed by atoms with Crippen molar-refractivity contribution in [2.45, 2.75) is 0 Å². The lowest BCUT2D eigenvalue weighted by atomic mass is 9.60. The van der Waals surface area contributed by atoms with E-state index in [1.54, 1.807) is 0 Å². The Morgan fingerprint density at radius 1 is 0.267 bits per heavy atom. The molecule has 9 rings (SSSR count). The van der Waals surface area contributed by atoms with E-state index in [-0.39, 0.29) is 0 Å². The van der Waals surface area contributed by atoms with Crippen molar-refractivity contribution in [2.24, 2.45) is 0 Å². The molecule has 0 N–H and O–H groups in total. The first-order valence-electron chi connectivity index (χ1n) is 21.0. The first kappa shape index (κ1) is 39.5. The molecule has 0 amide bonds. The van der Waals surface area contributed by atoms with Gasteiger partial charge >= 0.3 is 0 Å². The number of fused-ring (bicyclic) bond motifs is 3. The van der Waals surface area contributed by atoms with Crippen LogP contribution in [0.2, 0.25) is 0 Å². The van der Waals surface area contributed by atoms with Crippen LogP contribution in [-0.4, -0.2) is 101 Å². The second-order valence-electron chi connectivity index (χ2n) is 16.7. The zero-order valence-electron chi connectivity index (χ0n) is 36.6. The van der Waals surface area contributed by atoms with Gasteiger partial charge < -0.3 is 4.42 Å². The van der Waals surface area contributed by atoms with Gasteiger partial charge in [-0.25, -0.2) is 15.0 Å². The molecular formula is C45H40B11N3O. The third-order valence-electron chi connectivity index (χ3n) is 13.6. The minimum absolute atomic E-state index is 0.644. The van der Waals surface area contributed by atoms with E-state index in [4.69, 9.17) is 19.4 Å². The Bertz CT molecular complexity index is 3060. The van der Waals surface area contributed by atoms with Crippen molar-refractivity contribution in [3.63, 3.8) is 0 Å². The molecule has 0 fully saturated rings. The molecule has 0 spiro atoms. The molecule has 0 saturated carbocycles. The summed E-state index contributed by atoms with van der Waals surface area (Å²) in [4.78, 5) is 15.7. The number of hydrogen-bond donors (Lipinski definition) is 0. The molecule has 2 aromatic heterocycles. The molecule has 0 unspecified atom stereocenters. The quantitative estimate of drug-likeness (QED) is 0.159. The molecule has 0 aliphatic carbocycles. The highest BCUT2D eigenvalue weighted by molar-refractivity contribution is 6.70. The van der Waals surface area contributed by atoms with Gasteiger partial charge in [0.25, 0.3) is 0 Å². The summed E-state index contributed by atoms with van der Waals surface area (Å²) in [6.45, 7) is 0. The highest BCUT2D eigenvalue weighted by Crippen LogP contribution is 2.32. The van der Waals surface area contributed by atoms with E-state index < -0.39 is 0 Å². The average Bonchev–Trinajstić information content (AvgIpc) is 3.69. The van der Waals surface area contributed by atoms with Crippen molar-refractivity contribution in [3.8, 4) is 67.5 Å². The maximum atomic E-state index is 7.08. The maximum Gasteiger partial charge on any atom is 0.164 e. The summed E-state index contributed by atoms with van der Waals surface area (Å²) in [5.74, 6) is 1.96. The molecule has 7 aromatic carbocycles. The summed E-state index contributed by atoms with van der Waals surface area (Å²) in [6.07, 6.45) is 0. The van der Waals surface area contributed by atoms with Crippen molar-refractivity contribution in [3.05, 3.63) is 109 Å². The number of hydrogen-bond acceptors (Lipinski definition) is 4. The van der Waals surface area contributed by atoms with Crippen molar-refractivity contribution in [1.82, 2.24) is 15.0 Å². The van der Waals surface area contributed by atoms with Crippen LogP contribution in [0.25, 0.3) is 89.5 Å². The van der Waals surface area contributed by atoms with Crippen LogP contribution in [-0.2, 0) is 0 Å². The number of benzene rings is 7. The Morgan fingerprint density at radius 3 is 1.07 bits per heavy atom. The first-order valence-corrected chi connectivity index (χ1v) is 21.0. The van der Waals surface area contributed by atoms with Gasteiger partial charge in [-0.1, -0.05) is 164 Å². The molecule has 60 heavy (non-hydrogen) atoms. The van der Waals surface area contributed by atoms with E-state index in [0.29, 0.717) is 17.5 Å². The highest BCUT2D eigenvalue weighted by Gasteiger charge is 2.27. The van der Waals surface area contributed by atoms with Crippen LogP contribution in [0.3, 0.4) is 0 Å². The summed E-state index contributed by atoms with van der Waals surface area (Å²) in [7, 11) is 24.6. The smallest absolute Gasteiger partial charge is 0.164 e. The van der Waals surface area contributed by atoms with Gasteiger partial charge in [0.2, 0.25) is 0 Å². The molecule has 15 heteroatoms. The lowest BCUT2D eigenvalue weighted by Gasteiger charge is -2.24. The van der Waals surface area contributed by atoms with Crippen molar-refractivity contribution < 1.29 is 4.42 Å². The highest BCUT2D eigenvalue weighted by atomic mass is 16.3. The Kier molecular flexibility index (Phi) is 10.1. The number of aromatic nitrogens is 3. The third-order valence-corrected chi connectivity index (χ3v) is 13.6.